The number of rotatable bonds is 19. The monoisotopic (exact) mass is 658 g/mol. The van der Waals surface area contributed by atoms with Crippen LogP contribution >= 0.6 is 0 Å². The van der Waals surface area contributed by atoms with E-state index in [2.05, 4.69) is 24.3 Å². The summed E-state index contributed by atoms with van der Waals surface area (Å²) in [4.78, 5) is 24.4. The fraction of sp³-hybridized carbons (Fsp3) is 0.436. The summed E-state index contributed by atoms with van der Waals surface area (Å²) in [6, 6.07) is 18.7. The molecule has 1 aliphatic carbocycles. The van der Waals surface area contributed by atoms with Crippen molar-refractivity contribution in [2.45, 2.75) is 76.5 Å². The van der Waals surface area contributed by atoms with Crippen LogP contribution in [0.1, 0.15) is 98.0 Å². The van der Waals surface area contributed by atoms with Gasteiger partial charge < -0.3 is 35.2 Å². The second-order valence-corrected chi connectivity index (χ2v) is 12.2. The highest BCUT2D eigenvalue weighted by Crippen LogP contribution is 2.33. The van der Waals surface area contributed by atoms with E-state index in [1.165, 1.54) is 43.7 Å². The molecule has 1 saturated carbocycles. The second kappa shape index (κ2) is 19.9. The van der Waals surface area contributed by atoms with E-state index >= 15 is 0 Å². The Bertz CT molecular complexity index is 1450. The van der Waals surface area contributed by atoms with Crippen LogP contribution in [0.2, 0.25) is 0 Å². The number of carbonyl (C=O) groups is 2. The minimum absolute atomic E-state index is 0.329. The van der Waals surface area contributed by atoms with Gasteiger partial charge in [0.15, 0.2) is 11.5 Å². The average Bonchev–Trinajstić information content (AvgIpc) is 3.10. The number of nitrogens with two attached hydrogens (primary N) is 2. The molecule has 1 aliphatic rings. The molecule has 48 heavy (non-hydrogen) atoms. The summed E-state index contributed by atoms with van der Waals surface area (Å²) in [7, 11) is 1.58. The van der Waals surface area contributed by atoms with E-state index in [9.17, 15) is 9.59 Å². The highest BCUT2D eigenvalue weighted by Gasteiger charge is 2.15. The molecule has 0 aliphatic heterocycles. The lowest BCUT2D eigenvalue weighted by molar-refractivity contribution is -0.137. The lowest BCUT2D eigenvalue weighted by atomic mass is 9.84. The molecule has 0 saturated heterocycles. The first kappa shape index (κ1) is 36.2. The van der Waals surface area contributed by atoms with Gasteiger partial charge in [0.2, 0.25) is 0 Å². The van der Waals surface area contributed by atoms with Crippen molar-refractivity contribution in [3.05, 3.63) is 83.4 Å². The molecular weight excluding hydrogens is 608 g/mol. The van der Waals surface area contributed by atoms with Crippen LogP contribution in [0.15, 0.2) is 66.7 Å². The summed E-state index contributed by atoms with van der Waals surface area (Å²) < 4.78 is 27.9. The molecule has 1 fully saturated rings. The van der Waals surface area contributed by atoms with E-state index in [4.69, 9.17) is 35.2 Å². The molecule has 258 valence electrons. The van der Waals surface area contributed by atoms with Gasteiger partial charge in [-0.1, -0.05) is 37.5 Å². The van der Waals surface area contributed by atoms with Gasteiger partial charge in [0.05, 0.1) is 39.1 Å². The molecule has 0 heterocycles. The first-order chi connectivity index (χ1) is 23.4. The van der Waals surface area contributed by atoms with Gasteiger partial charge in [-0.25, -0.2) is 9.59 Å². The third-order valence-electron chi connectivity index (χ3n) is 8.35. The predicted octanol–water partition coefficient (Wildman–Crippen LogP) is 8.12. The Hall–Kier alpha value is -4.66. The number of carbonyl (C=O) groups excluding carboxylic acids is 2. The maximum atomic E-state index is 12.2. The topological polar surface area (TPSA) is 132 Å². The third kappa shape index (κ3) is 12.5. The summed E-state index contributed by atoms with van der Waals surface area (Å²) in [6.45, 7) is 1.78. The number of hydrogen-bond donors (Lipinski definition) is 2. The molecule has 9 nitrogen and oxygen atoms in total. The zero-order valence-electron chi connectivity index (χ0n) is 28.1. The second-order valence-electron chi connectivity index (χ2n) is 12.2. The van der Waals surface area contributed by atoms with Crippen LogP contribution in [-0.2, 0) is 14.3 Å². The van der Waals surface area contributed by atoms with E-state index < -0.39 is 11.9 Å². The summed E-state index contributed by atoms with van der Waals surface area (Å²) >= 11 is 0. The van der Waals surface area contributed by atoms with E-state index in [0.29, 0.717) is 60.8 Å². The van der Waals surface area contributed by atoms with Crippen LogP contribution in [-0.4, -0.2) is 45.5 Å². The Morgan fingerprint density at radius 3 is 2.08 bits per heavy atom. The van der Waals surface area contributed by atoms with E-state index in [0.717, 1.165) is 49.8 Å². The smallest absolute Gasteiger partial charge is 0.338 e. The first-order valence-electron chi connectivity index (χ1n) is 17.1. The molecule has 0 spiro atoms. The van der Waals surface area contributed by atoms with Crippen LogP contribution in [0.3, 0.4) is 0 Å². The number of esters is 2. The SMILES string of the molecule is COc1cc(/C=C/C(=O)OCCCCOc2ccc(C3CCCCC3)cc2)ccc1OCCCCCCOC(=O)c1cc(N)cc(N)c1. The molecule has 4 rings (SSSR count). The van der Waals surface area contributed by atoms with Crippen LogP contribution in [0, 0.1) is 0 Å². The van der Waals surface area contributed by atoms with Crippen LogP contribution in [0.5, 0.6) is 17.2 Å². The third-order valence-corrected chi connectivity index (χ3v) is 8.35. The van der Waals surface area contributed by atoms with Crippen molar-refractivity contribution in [2.24, 2.45) is 0 Å². The van der Waals surface area contributed by atoms with Crippen LogP contribution in [0.4, 0.5) is 11.4 Å². The van der Waals surface area contributed by atoms with Crippen molar-refractivity contribution < 1.29 is 33.3 Å². The van der Waals surface area contributed by atoms with Gasteiger partial charge in [-0.05, 0) is 117 Å². The van der Waals surface area contributed by atoms with Crippen molar-refractivity contribution in [1.29, 1.82) is 0 Å². The molecule has 0 amide bonds. The normalized spacial score (nSPS) is 13.3. The molecule has 0 aromatic heterocycles. The van der Waals surface area contributed by atoms with E-state index in [1.54, 1.807) is 31.4 Å². The molecule has 3 aromatic carbocycles. The Morgan fingerprint density at radius 2 is 1.35 bits per heavy atom. The summed E-state index contributed by atoms with van der Waals surface area (Å²) in [5.74, 6) is 1.98. The molecule has 9 heteroatoms. The minimum Gasteiger partial charge on any atom is -0.494 e. The maximum absolute atomic E-state index is 12.2. The number of anilines is 2. The van der Waals surface area contributed by atoms with E-state index in [1.807, 2.05) is 18.2 Å². The Kier molecular flexibility index (Phi) is 15.0. The Labute approximate surface area is 284 Å². The number of ether oxygens (including phenoxy) is 5. The van der Waals surface area contributed by atoms with Crippen LogP contribution < -0.4 is 25.7 Å². The number of unbranched alkanes of at least 4 members (excludes halogenated alkanes) is 4. The minimum atomic E-state index is -0.428. The van der Waals surface area contributed by atoms with Crippen molar-refractivity contribution >= 4 is 29.4 Å². The maximum Gasteiger partial charge on any atom is 0.338 e. The van der Waals surface area contributed by atoms with Gasteiger partial charge in [-0.2, -0.15) is 0 Å². The Morgan fingerprint density at radius 1 is 0.708 bits per heavy atom. The van der Waals surface area contributed by atoms with Crippen molar-refractivity contribution in [3.8, 4) is 17.2 Å². The molecule has 3 aromatic rings. The van der Waals surface area contributed by atoms with Gasteiger partial charge in [0.25, 0.3) is 0 Å². The van der Waals surface area contributed by atoms with Gasteiger partial charge in [-0.3, -0.25) is 0 Å². The highest BCUT2D eigenvalue weighted by molar-refractivity contribution is 5.91. The summed E-state index contributed by atoms with van der Waals surface area (Å²) in [6.07, 6.45) is 14.7. The van der Waals surface area contributed by atoms with Crippen LogP contribution in [0.25, 0.3) is 6.08 Å². The van der Waals surface area contributed by atoms with E-state index in [-0.39, 0.29) is 0 Å². The van der Waals surface area contributed by atoms with Gasteiger partial charge in [0.1, 0.15) is 5.75 Å². The molecule has 0 radical (unpaired) electrons. The van der Waals surface area contributed by atoms with Crippen molar-refractivity contribution in [3.63, 3.8) is 0 Å². The Balaban J connectivity index is 1.04. The van der Waals surface area contributed by atoms with Gasteiger partial charge in [-0.15, -0.1) is 0 Å². The number of benzene rings is 3. The average molecular weight is 659 g/mol. The zero-order chi connectivity index (χ0) is 34.0. The fourth-order valence-electron chi connectivity index (χ4n) is 5.74. The van der Waals surface area contributed by atoms with Crippen molar-refractivity contribution in [1.82, 2.24) is 0 Å². The molecule has 0 atom stereocenters. The molecule has 0 unspecified atom stereocenters. The molecule has 0 bridgehead atoms. The standard InChI is InChI=1S/C39H50N2O7/c1-44-37-25-29(13-19-36(37)46-22-7-2-3-8-24-48-39(43)32-26-33(40)28-34(41)27-32)14-20-38(42)47-23-10-9-21-45-35-17-15-31(16-18-35)30-11-5-4-6-12-30/h13-20,25-28,30H,2-12,21-24,40-41H2,1H3/b20-14+. The lowest BCUT2D eigenvalue weighted by Gasteiger charge is -2.22. The highest BCUT2D eigenvalue weighted by atomic mass is 16.5. The first-order valence-corrected chi connectivity index (χ1v) is 17.1. The number of methoxy groups -OCH3 is 1. The lowest BCUT2D eigenvalue weighted by Crippen LogP contribution is -2.08. The predicted molar refractivity (Wildman–Crippen MR) is 189 cm³/mol. The van der Waals surface area contributed by atoms with Crippen molar-refractivity contribution in [2.75, 3.05) is 45.0 Å². The summed E-state index contributed by atoms with van der Waals surface area (Å²) in [5, 5.41) is 0. The largest absolute Gasteiger partial charge is 0.494 e. The molecule has 4 N–H and O–H groups in total. The van der Waals surface area contributed by atoms with Gasteiger partial charge in [0, 0.05) is 17.5 Å². The quantitative estimate of drug-likeness (QED) is 0.0567. The fourth-order valence-corrected chi connectivity index (χ4v) is 5.74. The summed E-state index contributed by atoms with van der Waals surface area (Å²) in [5.41, 5.74) is 14.9. The number of nitrogen functional groups attached to an aromatic ring is 2. The molecular formula is C39H50N2O7. The van der Waals surface area contributed by atoms with Gasteiger partial charge >= 0.3 is 11.9 Å². The zero-order valence-corrected chi connectivity index (χ0v) is 28.1. The number of hydrogen-bond acceptors (Lipinski definition) is 9.